The van der Waals surface area contributed by atoms with Crippen LogP contribution in [0.4, 0.5) is 0 Å². The Bertz CT molecular complexity index is 989. The van der Waals surface area contributed by atoms with Gasteiger partial charge in [0.25, 0.3) is 0 Å². The van der Waals surface area contributed by atoms with Crippen LogP contribution in [0, 0.1) is 0 Å². The van der Waals surface area contributed by atoms with Gasteiger partial charge in [-0.1, -0.05) is 132 Å². The molecule has 1 aliphatic heterocycles. The maximum Gasteiger partial charge on any atom is 0.306 e. The number of esters is 1. The zero-order chi connectivity index (χ0) is 38.6. The molecule has 1 heterocycles. The Morgan fingerprint density at radius 1 is 0.623 bits per heavy atom. The fourth-order valence-electron chi connectivity index (χ4n) is 5.90. The highest BCUT2D eigenvalue weighted by Gasteiger charge is 2.44. The molecule has 9 heteroatoms. The summed E-state index contributed by atoms with van der Waals surface area (Å²) in [5.74, 6) is -0.333. The van der Waals surface area contributed by atoms with Crippen molar-refractivity contribution in [3.8, 4) is 0 Å². The summed E-state index contributed by atoms with van der Waals surface area (Å²) >= 11 is 0. The van der Waals surface area contributed by atoms with Crippen LogP contribution in [0.2, 0.25) is 0 Å². The molecule has 0 aromatic heterocycles. The van der Waals surface area contributed by atoms with E-state index in [-0.39, 0.29) is 19.2 Å². The highest BCUT2D eigenvalue weighted by Crippen LogP contribution is 2.22. The number of allylic oxidation sites excluding steroid dienone is 10. The molecular formula is C44H76O9. The number of unbranched alkanes of at least 4 members (excludes halogenated alkanes) is 13. The maximum absolute atomic E-state index is 12.7. The van der Waals surface area contributed by atoms with Gasteiger partial charge in [0, 0.05) is 13.0 Å². The molecule has 1 rings (SSSR count). The van der Waals surface area contributed by atoms with Gasteiger partial charge in [-0.15, -0.1) is 0 Å². The minimum Gasteiger partial charge on any atom is -0.457 e. The molecule has 0 spiro atoms. The minimum atomic E-state index is -1.54. The first-order valence-electron chi connectivity index (χ1n) is 20.9. The van der Waals surface area contributed by atoms with Crippen LogP contribution in [0.25, 0.3) is 0 Å². The second kappa shape index (κ2) is 35.6. The fraction of sp³-hybridized carbons (Fsp3) is 0.750. The van der Waals surface area contributed by atoms with Crippen LogP contribution >= 0.6 is 0 Å². The van der Waals surface area contributed by atoms with Gasteiger partial charge in [0.15, 0.2) is 6.29 Å². The predicted octanol–water partition coefficient (Wildman–Crippen LogP) is 8.74. The van der Waals surface area contributed by atoms with Crippen molar-refractivity contribution in [2.75, 3.05) is 26.4 Å². The summed E-state index contributed by atoms with van der Waals surface area (Å²) < 4.78 is 22.7. The number of hydrogen-bond donors (Lipinski definition) is 4. The van der Waals surface area contributed by atoms with E-state index in [1.807, 2.05) is 0 Å². The van der Waals surface area contributed by atoms with Gasteiger partial charge in [0.2, 0.25) is 0 Å². The monoisotopic (exact) mass is 749 g/mol. The van der Waals surface area contributed by atoms with Gasteiger partial charge in [-0.3, -0.25) is 4.79 Å². The SMILES string of the molecule is CC/C=C\C/C=C\C/C=C\C/C=C\CCCCCCCCC(=O)OC(COCCCCCCCC/C=C\CCC)COC1OC(CO)C(O)C(O)C1O. The zero-order valence-electron chi connectivity index (χ0n) is 33.2. The largest absolute Gasteiger partial charge is 0.457 e. The molecule has 9 nitrogen and oxygen atoms in total. The van der Waals surface area contributed by atoms with Gasteiger partial charge in [-0.2, -0.15) is 0 Å². The average Bonchev–Trinajstić information content (AvgIpc) is 3.16. The molecule has 1 aliphatic rings. The summed E-state index contributed by atoms with van der Waals surface area (Å²) in [6, 6.07) is 0. The number of aliphatic hydroxyl groups excluding tert-OH is 4. The molecule has 4 N–H and O–H groups in total. The Kier molecular flexibility index (Phi) is 32.8. The van der Waals surface area contributed by atoms with Crippen LogP contribution in [0.5, 0.6) is 0 Å². The summed E-state index contributed by atoms with van der Waals surface area (Å²) in [4.78, 5) is 12.7. The van der Waals surface area contributed by atoms with E-state index in [0.717, 1.165) is 89.9 Å². The molecule has 6 atom stereocenters. The fourth-order valence-corrected chi connectivity index (χ4v) is 5.90. The van der Waals surface area contributed by atoms with E-state index >= 15 is 0 Å². The highest BCUT2D eigenvalue weighted by molar-refractivity contribution is 5.69. The third-order valence-electron chi connectivity index (χ3n) is 9.15. The van der Waals surface area contributed by atoms with Crippen molar-refractivity contribution in [1.29, 1.82) is 0 Å². The lowest BCUT2D eigenvalue weighted by Crippen LogP contribution is -2.59. The van der Waals surface area contributed by atoms with Crippen molar-refractivity contribution >= 4 is 5.97 Å². The number of aliphatic hydroxyl groups is 4. The molecule has 0 bridgehead atoms. The Morgan fingerprint density at radius 2 is 1.15 bits per heavy atom. The molecular weight excluding hydrogens is 672 g/mol. The van der Waals surface area contributed by atoms with E-state index in [1.165, 1.54) is 38.5 Å². The van der Waals surface area contributed by atoms with Gasteiger partial charge in [-0.05, 0) is 70.6 Å². The van der Waals surface area contributed by atoms with Gasteiger partial charge < -0.3 is 39.4 Å². The van der Waals surface area contributed by atoms with E-state index in [0.29, 0.717) is 13.0 Å². The average molecular weight is 749 g/mol. The van der Waals surface area contributed by atoms with E-state index in [2.05, 4.69) is 74.6 Å². The van der Waals surface area contributed by atoms with Gasteiger partial charge in [-0.25, -0.2) is 0 Å². The lowest BCUT2D eigenvalue weighted by Gasteiger charge is -2.39. The molecule has 6 unspecified atom stereocenters. The van der Waals surface area contributed by atoms with Crippen molar-refractivity contribution in [1.82, 2.24) is 0 Å². The molecule has 306 valence electrons. The van der Waals surface area contributed by atoms with Gasteiger partial charge in [0.1, 0.15) is 30.5 Å². The summed E-state index contributed by atoms with van der Waals surface area (Å²) in [6.07, 6.45) is 36.7. The first-order valence-corrected chi connectivity index (χ1v) is 20.9. The van der Waals surface area contributed by atoms with Crippen LogP contribution < -0.4 is 0 Å². The Balaban J connectivity index is 2.30. The molecule has 0 saturated carbocycles. The third-order valence-corrected chi connectivity index (χ3v) is 9.15. The second-order valence-corrected chi connectivity index (χ2v) is 14.0. The lowest BCUT2D eigenvalue weighted by molar-refractivity contribution is -0.305. The highest BCUT2D eigenvalue weighted by atomic mass is 16.7. The van der Waals surface area contributed by atoms with Crippen molar-refractivity contribution < 1.29 is 44.2 Å². The summed E-state index contributed by atoms with van der Waals surface area (Å²) in [6.45, 7) is 4.34. The Morgan fingerprint density at radius 3 is 1.75 bits per heavy atom. The molecule has 0 aromatic rings. The number of carbonyl (C=O) groups is 1. The Labute approximate surface area is 322 Å². The molecule has 0 aromatic carbocycles. The standard InChI is InChI=1S/C44H76O9/c1-3-5-7-9-11-13-15-16-17-18-19-20-21-22-23-25-27-29-31-33-40(46)52-38(37-51-44-43(49)42(48)41(47)39(35-45)53-44)36-50-34-32-30-28-26-24-14-12-10-8-6-4-2/h5,7-8,10-11,13,16-17,19-20,38-39,41-45,47-49H,3-4,6,9,12,14-15,18,21-37H2,1-2H3/b7-5-,10-8-,13-11-,17-16-,20-19-. The molecule has 1 fully saturated rings. The van der Waals surface area contributed by atoms with Crippen LogP contribution in [0.15, 0.2) is 60.8 Å². The molecule has 0 amide bonds. The van der Waals surface area contributed by atoms with Gasteiger partial charge >= 0.3 is 5.97 Å². The Hall–Kier alpha value is -2.11. The van der Waals surface area contributed by atoms with E-state index in [9.17, 15) is 25.2 Å². The quantitative estimate of drug-likeness (QED) is 0.0290. The van der Waals surface area contributed by atoms with Gasteiger partial charge in [0.05, 0.1) is 19.8 Å². The normalized spacial score (nSPS) is 21.7. The second-order valence-electron chi connectivity index (χ2n) is 14.0. The molecule has 0 radical (unpaired) electrons. The van der Waals surface area contributed by atoms with Crippen molar-refractivity contribution in [2.24, 2.45) is 0 Å². The maximum atomic E-state index is 12.7. The van der Waals surface area contributed by atoms with Crippen LogP contribution in [0.1, 0.15) is 149 Å². The van der Waals surface area contributed by atoms with E-state index in [1.54, 1.807) is 0 Å². The number of hydrogen-bond acceptors (Lipinski definition) is 9. The van der Waals surface area contributed by atoms with Crippen LogP contribution in [-0.4, -0.2) is 89.6 Å². The minimum absolute atomic E-state index is 0.125. The number of rotatable bonds is 34. The third kappa shape index (κ3) is 27.2. The van der Waals surface area contributed by atoms with Crippen molar-refractivity contribution in [3.63, 3.8) is 0 Å². The molecule has 0 aliphatic carbocycles. The van der Waals surface area contributed by atoms with E-state index in [4.69, 9.17) is 18.9 Å². The van der Waals surface area contributed by atoms with E-state index < -0.39 is 43.4 Å². The number of ether oxygens (including phenoxy) is 4. The lowest BCUT2D eigenvalue weighted by atomic mass is 9.99. The summed E-state index contributed by atoms with van der Waals surface area (Å²) in [5, 5.41) is 40.0. The topological polar surface area (TPSA) is 135 Å². The zero-order valence-corrected chi connectivity index (χ0v) is 33.2. The van der Waals surface area contributed by atoms with Crippen molar-refractivity contribution in [3.05, 3.63) is 60.8 Å². The summed E-state index contributed by atoms with van der Waals surface area (Å²) in [7, 11) is 0. The molecule has 53 heavy (non-hydrogen) atoms. The number of carbonyl (C=O) groups excluding carboxylic acids is 1. The van der Waals surface area contributed by atoms with Crippen LogP contribution in [0.3, 0.4) is 0 Å². The first-order chi connectivity index (χ1) is 25.9. The molecule has 1 saturated heterocycles. The first kappa shape index (κ1) is 48.9. The summed E-state index contributed by atoms with van der Waals surface area (Å²) in [5.41, 5.74) is 0. The smallest absolute Gasteiger partial charge is 0.306 e. The van der Waals surface area contributed by atoms with Crippen LogP contribution in [-0.2, 0) is 23.7 Å². The predicted molar refractivity (Wildman–Crippen MR) is 214 cm³/mol. The van der Waals surface area contributed by atoms with Crippen molar-refractivity contribution in [2.45, 2.75) is 185 Å².